The molecule has 0 fully saturated rings. The van der Waals surface area contributed by atoms with Crippen LogP contribution in [0.1, 0.15) is 126 Å². The van der Waals surface area contributed by atoms with Gasteiger partial charge in [0.2, 0.25) is 0 Å². The van der Waals surface area contributed by atoms with Gasteiger partial charge in [-0.05, 0) is 77.0 Å². The minimum absolute atomic E-state index is 0. The predicted molar refractivity (Wildman–Crippen MR) is 168 cm³/mol. The molecule has 0 aromatic carbocycles. The van der Waals surface area contributed by atoms with Gasteiger partial charge in [0, 0.05) is 24.2 Å². The van der Waals surface area contributed by atoms with Gasteiger partial charge in [0.25, 0.3) is 0 Å². The van der Waals surface area contributed by atoms with E-state index in [1.165, 1.54) is 45.0 Å². The number of aromatic nitrogens is 2. The molecule has 4 nitrogen and oxygen atoms in total. The molecule has 2 N–H and O–H groups in total. The van der Waals surface area contributed by atoms with Crippen LogP contribution in [-0.4, -0.2) is 24.2 Å². The fourth-order valence-corrected chi connectivity index (χ4v) is 8.82. The average Bonchev–Trinajstić information content (AvgIpc) is 3.67. The normalized spacial score (nSPS) is 24.4. The van der Waals surface area contributed by atoms with Crippen LogP contribution in [0.4, 0.5) is 0 Å². The van der Waals surface area contributed by atoms with Crippen molar-refractivity contribution in [1.82, 2.24) is 20.6 Å². The minimum Gasteiger partial charge on any atom is -0.664 e. The second-order valence-electron chi connectivity index (χ2n) is 12.2. The fourth-order valence-electron chi connectivity index (χ4n) is 8.82. The van der Waals surface area contributed by atoms with Crippen LogP contribution >= 0.6 is 0 Å². The van der Waals surface area contributed by atoms with E-state index in [9.17, 15) is 0 Å². The Balaban J connectivity index is 0.00000387. The molecule has 0 aliphatic carbocycles. The predicted octanol–water partition coefficient (Wildman–Crippen LogP) is 6.65. The second kappa shape index (κ2) is 13.8. The zero-order valence-corrected chi connectivity index (χ0v) is 27.9. The Bertz CT molecular complexity index is 1090. The molecular formula is C36H54CuN4. The van der Waals surface area contributed by atoms with E-state index in [-0.39, 0.29) is 17.1 Å². The van der Waals surface area contributed by atoms with E-state index < -0.39 is 0 Å². The van der Waals surface area contributed by atoms with E-state index in [4.69, 9.17) is 9.97 Å². The summed E-state index contributed by atoms with van der Waals surface area (Å²) < 4.78 is 0. The Kier molecular flexibility index (Phi) is 10.9. The third-order valence-electron chi connectivity index (χ3n) is 10.5. The molecule has 4 atom stereocenters. The van der Waals surface area contributed by atoms with Gasteiger partial charge in [-0.25, -0.2) is 0 Å². The van der Waals surface area contributed by atoms with Crippen LogP contribution < -0.4 is 20.6 Å². The summed E-state index contributed by atoms with van der Waals surface area (Å²) in [6.45, 7) is 18.7. The van der Waals surface area contributed by atoms with Gasteiger partial charge in [-0.1, -0.05) is 99.9 Å². The summed E-state index contributed by atoms with van der Waals surface area (Å²) in [5.41, 5.74) is 18.0. The standard InChI is InChI=1S/C36H54N4.Cu/c1-9-21-22(10-2)30-18-32-25(13-5)26(14-6)34(39-32)20-36-28(16-8)27(15-7)35(40-36)19-33-24(12-4)23(11-3)31(38-33)17-29(21)37-30;/h29-30,35-37,40H,9-20H2,1-8H3;/q-2;+2. The molecule has 229 valence electrons. The van der Waals surface area contributed by atoms with Crippen molar-refractivity contribution in [2.24, 2.45) is 0 Å². The van der Waals surface area contributed by atoms with E-state index in [0.29, 0.717) is 24.2 Å². The maximum absolute atomic E-state index is 5.48. The first-order valence-electron chi connectivity index (χ1n) is 16.7. The van der Waals surface area contributed by atoms with Gasteiger partial charge < -0.3 is 20.6 Å². The van der Waals surface area contributed by atoms with Crippen molar-refractivity contribution in [3.63, 3.8) is 0 Å². The molecule has 41 heavy (non-hydrogen) atoms. The van der Waals surface area contributed by atoms with Crippen molar-refractivity contribution in [2.45, 2.75) is 157 Å². The van der Waals surface area contributed by atoms with Crippen LogP contribution in [0.5, 0.6) is 0 Å². The van der Waals surface area contributed by atoms with Crippen molar-refractivity contribution in [3.05, 3.63) is 67.3 Å². The van der Waals surface area contributed by atoms with E-state index in [2.05, 4.69) is 66.0 Å². The Morgan fingerprint density at radius 2 is 0.634 bits per heavy atom. The van der Waals surface area contributed by atoms with Gasteiger partial charge in [0.1, 0.15) is 0 Å². The van der Waals surface area contributed by atoms with E-state index in [0.717, 1.165) is 77.0 Å². The molecule has 0 spiro atoms. The fraction of sp³-hybridized carbons (Fsp3) is 0.667. The van der Waals surface area contributed by atoms with Crippen LogP contribution in [0.3, 0.4) is 0 Å². The van der Waals surface area contributed by atoms with Gasteiger partial charge in [0.15, 0.2) is 0 Å². The molecule has 5 rings (SSSR count). The van der Waals surface area contributed by atoms with Gasteiger partial charge >= 0.3 is 17.1 Å². The van der Waals surface area contributed by atoms with Gasteiger partial charge in [-0.3, -0.25) is 0 Å². The van der Waals surface area contributed by atoms with Crippen molar-refractivity contribution in [2.75, 3.05) is 0 Å². The molecule has 1 radical (unpaired) electrons. The molecule has 5 heterocycles. The molecule has 8 bridgehead atoms. The first-order valence-corrected chi connectivity index (χ1v) is 16.7. The van der Waals surface area contributed by atoms with Crippen LogP contribution in [0.15, 0.2) is 22.3 Å². The molecule has 3 aliphatic rings. The molecular weight excluding hydrogens is 552 g/mol. The van der Waals surface area contributed by atoms with Gasteiger partial charge in [-0.15, -0.1) is 0 Å². The van der Waals surface area contributed by atoms with Crippen LogP contribution in [-0.2, 0) is 68.4 Å². The van der Waals surface area contributed by atoms with Gasteiger partial charge in [0.05, 0.1) is 0 Å². The maximum Gasteiger partial charge on any atom is 2.00 e. The molecule has 0 saturated heterocycles. The number of rotatable bonds is 8. The maximum atomic E-state index is 5.48. The summed E-state index contributed by atoms with van der Waals surface area (Å²) in [5.74, 6) is 0. The summed E-state index contributed by atoms with van der Waals surface area (Å²) in [5, 5.41) is 8.28. The van der Waals surface area contributed by atoms with Crippen LogP contribution in [0.2, 0.25) is 0 Å². The monoisotopic (exact) mass is 605 g/mol. The van der Waals surface area contributed by atoms with E-state index in [1.807, 2.05) is 0 Å². The molecule has 3 aliphatic heterocycles. The largest absolute Gasteiger partial charge is 2.00 e. The number of nitrogens with zero attached hydrogens (tertiary/aromatic N) is 2. The van der Waals surface area contributed by atoms with Gasteiger partial charge in [-0.2, -0.15) is 22.8 Å². The summed E-state index contributed by atoms with van der Waals surface area (Å²) in [6, 6.07) is 1.53. The molecule has 2 aromatic rings. The van der Waals surface area contributed by atoms with Crippen molar-refractivity contribution >= 4 is 0 Å². The van der Waals surface area contributed by atoms with Crippen LogP contribution in [0.25, 0.3) is 0 Å². The first kappa shape index (κ1) is 32.4. The summed E-state index contributed by atoms with van der Waals surface area (Å²) in [6.07, 6.45) is 12.8. The number of hydrogen-bond donors (Lipinski definition) is 2. The van der Waals surface area contributed by atoms with E-state index in [1.54, 1.807) is 22.3 Å². The summed E-state index contributed by atoms with van der Waals surface area (Å²) in [4.78, 5) is 11.0. The molecule has 2 aromatic heterocycles. The zero-order valence-electron chi connectivity index (χ0n) is 27.0. The Labute approximate surface area is 260 Å². The topological polar surface area (TPSA) is 52.3 Å². The second-order valence-corrected chi connectivity index (χ2v) is 12.2. The smallest absolute Gasteiger partial charge is 0.664 e. The average molecular weight is 606 g/mol. The number of hydrogen-bond acceptors (Lipinski definition) is 2. The number of nitrogens with one attached hydrogen (secondary N) is 2. The SMILES string of the molecule is CCC1=C(CC)C2Cc3[n-]c(c(CC)c3CC)CC3NC(Cc4[n-]c(c(CC)c4CC)CC1N2)C(CC)=C3CC.[Cu+2]. The zero-order chi connectivity index (χ0) is 28.6. The number of fused-ring (bicyclic) bond motifs is 8. The molecule has 5 heteroatoms. The van der Waals surface area contributed by atoms with Crippen molar-refractivity contribution in [3.8, 4) is 0 Å². The van der Waals surface area contributed by atoms with Crippen molar-refractivity contribution in [1.29, 1.82) is 0 Å². The summed E-state index contributed by atoms with van der Waals surface area (Å²) in [7, 11) is 0. The van der Waals surface area contributed by atoms with Crippen LogP contribution in [0, 0.1) is 0 Å². The Morgan fingerprint density at radius 3 is 0.805 bits per heavy atom. The third kappa shape index (κ3) is 5.74. The van der Waals surface area contributed by atoms with E-state index >= 15 is 0 Å². The Morgan fingerprint density at radius 1 is 0.415 bits per heavy atom. The summed E-state index contributed by atoms with van der Waals surface area (Å²) >= 11 is 0. The molecule has 0 saturated carbocycles. The third-order valence-corrected chi connectivity index (χ3v) is 10.5. The Hall–Kier alpha value is -1.52. The van der Waals surface area contributed by atoms with Crippen molar-refractivity contribution < 1.29 is 17.1 Å². The molecule has 0 amide bonds. The minimum atomic E-state index is 0. The molecule has 4 unspecified atom stereocenters. The quantitative estimate of drug-likeness (QED) is 0.261. The first-order chi connectivity index (χ1) is 19.5.